The van der Waals surface area contributed by atoms with E-state index < -0.39 is 5.56 Å². The van der Waals surface area contributed by atoms with Crippen molar-refractivity contribution in [2.45, 2.75) is 38.8 Å². The molecule has 0 saturated heterocycles. The van der Waals surface area contributed by atoms with Crippen LogP contribution in [0, 0.1) is 11.8 Å². The predicted molar refractivity (Wildman–Crippen MR) is 92.7 cm³/mol. The van der Waals surface area contributed by atoms with Gasteiger partial charge in [0.15, 0.2) is 11.2 Å². The van der Waals surface area contributed by atoms with Crippen LogP contribution in [0.1, 0.15) is 25.7 Å². The molecule has 5 rings (SSSR count). The molecule has 2 fully saturated rings. The fourth-order valence-electron chi connectivity index (χ4n) is 3.34. The van der Waals surface area contributed by atoms with Crippen molar-refractivity contribution in [3.8, 4) is 17.7 Å². The molecule has 0 aromatic carbocycles. The van der Waals surface area contributed by atoms with Gasteiger partial charge in [-0.1, -0.05) is 0 Å². The molecular formula is C17H19N5O4. The van der Waals surface area contributed by atoms with Gasteiger partial charge in [0.25, 0.3) is 5.56 Å². The van der Waals surface area contributed by atoms with Crippen LogP contribution in [0.3, 0.4) is 0 Å². The van der Waals surface area contributed by atoms with E-state index in [4.69, 9.17) is 0 Å². The topological polar surface area (TPSA) is 118 Å². The lowest BCUT2D eigenvalue weighted by Crippen LogP contribution is -2.41. The quantitative estimate of drug-likeness (QED) is 0.627. The summed E-state index contributed by atoms with van der Waals surface area (Å²) in [6.45, 7) is 0.945. The number of aromatic nitrogens is 5. The number of imidazole rings is 1. The van der Waals surface area contributed by atoms with Crippen LogP contribution < -0.4 is 11.2 Å². The smallest absolute Gasteiger partial charge is 0.332 e. The molecule has 2 saturated carbocycles. The Labute approximate surface area is 147 Å². The fraction of sp³-hybridized carbons (Fsp3) is 0.471. The van der Waals surface area contributed by atoms with Gasteiger partial charge in [0.2, 0.25) is 17.7 Å². The van der Waals surface area contributed by atoms with Gasteiger partial charge in [-0.05, 0) is 37.5 Å². The van der Waals surface area contributed by atoms with Crippen LogP contribution in [-0.4, -0.2) is 33.9 Å². The summed E-state index contributed by atoms with van der Waals surface area (Å²) < 4.78 is 3.94. The lowest BCUT2D eigenvalue weighted by molar-refractivity contribution is 0.399. The normalized spacial score (nSPS) is 17.2. The highest BCUT2D eigenvalue weighted by atomic mass is 16.3. The molecule has 0 unspecified atom stereocenters. The van der Waals surface area contributed by atoms with Crippen molar-refractivity contribution in [1.29, 1.82) is 0 Å². The lowest BCUT2D eigenvalue weighted by atomic mass is 10.3. The van der Waals surface area contributed by atoms with Crippen LogP contribution >= 0.6 is 0 Å². The highest BCUT2D eigenvalue weighted by Gasteiger charge is 2.29. The van der Waals surface area contributed by atoms with Gasteiger partial charge in [-0.25, -0.2) is 9.36 Å². The van der Waals surface area contributed by atoms with E-state index in [0.29, 0.717) is 24.9 Å². The van der Waals surface area contributed by atoms with Gasteiger partial charge in [-0.3, -0.25) is 13.9 Å². The van der Waals surface area contributed by atoms with E-state index in [1.54, 1.807) is 4.57 Å². The standard InChI is InChI=1S/C17H19N5O4/c23-11-5-6-12(24)22(11)16-18-13-14(19-16)20(7-9-1-2-9)17(26)21(15(13)25)8-10-3-4-10/h5-6,9-10,23-24H,1-4,7-8H2,(H,18,19). The number of H-pyrrole nitrogens is 1. The van der Waals surface area contributed by atoms with Crippen molar-refractivity contribution in [3.63, 3.8) is 0 Å². The third-order valence-corrected chi connectivity index (χ3v) is 5.18. The van der Waals surface area contributed by atoms with E-state index in [1.165, 1.54) is 16.7 Å². The molecule has 136 valence electrons. The first kappa shape index (κ1) is 15.3. The number of nitrogens with one attached hydrogen (secondary N) is 1. The average Bonchev–Trinajstić information content (AvgIpc) is 3.53. The van der Waals surface area contributed by atoms with Gasteiger partial charge < -0.3 is 15.2 Å². The summed E-state index contributed by atoms with van der Waals surface area (Å²) in [5.41, 5.74) is -0.260. The molecular weight excluding hydrogens is 338 g/mol. The van der Waals surface area contributed by atoms with Crippen LogP contribution in [0.2, 0.25) is 0 Å². The predicted octanol–water partition coefficient (Wildman–Crippen LogP) is 0.908. The average molecular weight is 357 g/mol. The maximum Gasteiger partial charge on any atom is 0.332 e. The number of aromatic amines is 1. The van der Waals surface area contributed by atoms with E-state index in [-0.39, 0.29) is 34.6 Å². The van der Waals surface area contributed by atoms with Crippen molar-refractivity contribution in [1.82, 2.24) is 23.7 Å². The summed E-state index contributed by atoms with van der Waals surface area (Å²) in [6, 6.07) is 2.65. The van der Waals surface area contributed by atoms with Crippen LogP contribution in [0.5, 0.6) is 11.8 Å². The van der Waals surface area contributed by atoms with E-state index in [9.17, 15) is 19.8 Å². The second kappa shape index (κ2) is 5.26. The first-order chi connectivity index (χ1) is 12.5. The van der Waals surface area contributed by atoms with Gasteiger partial charge >= 0.3 is 5.69 Å². The monoisotopic (exact) mass is 357 g/mol. The van der Waals surface area contributed by atoms with Crippen molar-refractivity contribution >= 4 is 11.2 Å². The molecule has 3 heterocycles. The zero-order valence-corrected chi connectivity index (χ0v) is 14.1. The minimum atomic E-state index is -0.408. The SMILES string of the molecule is O=c1c2[nH]c(-n3c(O)ccc3O)nc2n(CC2CC2)c(=O)n1CC1CC1. The Balaban J connectivity index is 1.76. The molecule has 0 spiro atoms. The Kier molecular flexibility index (Phi) is 3.10. The molecule has 0 aliphatic heterocycles. The highest BCUT2D eigenvalue weighted by Crippen LogP contribution is 2.32. The molecule has 0 atom stereocenters. The number of nitrogens with zero attached hydrogens (tertiary/aromatic N) is 4. The van der Waals surface area contributed by atoms with Crippen LogP contribution in [-0.2, 0) is 13.1 Å². The molecule has 3 aromatic rings. The Morgan fingerprint density at radius 1 is 1.00 bits per heavy atom. The molecule has 2 aliphatic rings. The molecule has 9 heteroatoms. The number of aromatic hydroxyl groups is 2. The van der Waals surface area contributed by atoms with Gasteiger partial charge in [0.05, 0.1) is 0 Å². The molecule has 0 radical (unpaired) electrons. The maximum atomic E-state index is 12.9. The first-order valence-electron chi connectivity index (χ1n) is 8.86. The van der Waals surface area contributed by atoms with E-state index in [1.807, 2.05) is 0 Å². The molecule has 0 amide bonds. The molecule has 0 bridgehead atoms. The summed E-state index contributed by atoms with van der Waals surface area (Å²) in [6.07, 6.45) is 4.19. The Bertz CT molecular complexity index is 1110. The van der Waals surface area contributed by atoms with Crippen molar-refractivity contribution < 1.29 is 10.2 Å². The maximum absolute atomic E-state index is 12.9. The number of hydrogen-bond donors (Lipinski definition) is 3. The third kappa shape index (κ3) is 2.34. The van der Waals surface area contributed by atoms with E-state index in [0.717, 1.165) is 30.3 Å². The summed E-state index contributed by atoms with van der Waals surface area (Å²) in [7, 11) is 0. The Morgan fingerprint density at radius 2 is 1.58 bits per heavy atom. The highest BCUT2D eigenvalue weighted by molar-refractivity contribution is 5.71. The van der Waals surface area contributed by atoms with Crippen molar-refractivity contribution in [2.75, 3.05) is 0 Å². The molecule has 9 nitrogen and oxygen atoms in total. The van der Waals surface area contributed by atoms with Crippen LogP contribution in [0.4, 0.5) is 0 Å². The third-order valence-electron chi connectivity index (χ3n) is 5.18. The number of hydrogen-bond acceptors (Lipinski definition) is 5. The van der Waals surface area contributed by atoms with Crippen LogP contribution in [0.25, 0.3) is 17.1 Å². The van der Waals surface area contributed by atoms with Gasteiger partial charge in [0, 0.05) is 25.2 Å². The summed E-state index contributed by atoms with van der Waals surface area (Å²) in [4.78, 5) is 33.0. The minimum absolute atomic E-state index is 0.102. The zero-order chi connectivity index (χ0) is 18.0. The largest absolute Gasteiger partial charge is 0.494 e. The summed E-state index contributed by atoms with van der Waals surface area (Å²) in [5, 5.41) is 19.9. The first-order valence-corrected chi connectivity index (χ1v) is 8.86. The molecule has 3 aromatic heterocycles. The molecule has 3 N–H and O–H groups in total. The Morgan fingerprint density at radius 3 is 2.15 bits per heavy atom. The second-order valence-corrected chi connectivity index (χ2v) is 7.34. The molecule has 26 heavy (non-hydrogen) atoms. The van der Waals surface area contributed by atoms with Crippen LogP contribution in [0.15, 0.2) is 21.7 Å². The number of fused-ring (bicyclic) bond motifs is 1. The van der Waals surface area contributed by atoms with Crippen molar-refractivity contribution in [2.24, 2.45) is 11.8 Å². The Hall–Kier alpha value is -2.97. The van der Waals surface area contributed by atoms with E-state index in [2.05, 4.69) is 9.97 Å². The number of rotatable bonds is 5. The van der Waals surface area contributed by atoms with Gasteiger partial charge in [-0.2, -0.15) is 4.98 Å². The molecule has 2 aliphatic carbocycles. The summed E-state index contributed by atoms with van der Waals surface area (Å²) in [5.74, 6) is 0.487. The lowest BCUT2D eigenvalue weighted by Gasteiger charge is -2.10. The van der Waals surface area contributed by atoms with Gasteiger partial charge in [0.1, 0.15) is 0 Å². The van der Waals surface area contributed by atoms with E-state index >= 15 is 0 Å². The zero-order valence-electron chi connectivity index (χ0n) is 14.1. The summed E-state index contributed by atoms with van der Waals surface area (Å²) >= 11 is 0. The van der Waals surface area contributed by atoms with Crippen molar-refractivity contribution in [3.05, 3.63) is 33.0 Å². The minimum Gasteiger partial charge on any atom is -0.494 e. The second-order valence-electron chi connectivity index (χ2n) is 7.34. The van der Waals surface area contributed by atoms with Gasteiger partial charge in [-0.15, -0.1) is 0 Å². The fourth-order valence-corrected chi connectivity index (χ4v) is 3.34.